The maximum absolute atomic E-state index is 12.9. The number of hydrogen-bond acceptors (Lipinski definition) is 7. The fraction of sp³-hybridized carbons (Fsp3) is 0.458. The van der Waals surface area contributed by atoms with E-state index >= 15 is 0 Å². The van der Waals surface area contributed by atoms with E-state index < -0.39 is 22.2 Å². The molecule has 2 heterocycles. The Morgan fingerprint density at radius 3 is 2.79 bits per heavy atom. The molecule has 184 valence electrons. The van der Waals surface area contributed by atoms with E-state index in [0.717, 1.165) is 12.0 Å². The SMILES string of the molecule is CCCNC(=O)C[C@H]1C[C@H]2c3cc(NS(=O)(=O)c4cccc(OC)c4)ccc3O[C@H]2[C@@H](CO)O1. The average molecular weight is 491 g/mol. The monoisotopic (exact) mass is 490 g/mol. The van der Waals surface area contributed by atoms with Gasteiger partial charge < -0.3 is 24.6 Å². The Labute approximate surface area is 199 Å². The van der Waals surface area contributed by atoms with Gasteiger partial charge in [-0.3, -0.25) is 9.52 Å². The number of fused-ring (bicyclic) bond motifs is 3. The molecule has 0 radical (unpaired) electrons. The van der Waals surface area contributed by atoms with Gasteiger partial charge >= 0.3 is 0 Å². The number of ether oxygens (including phenoxy) is 3. The Balaban J connectivity index is 1.54. The number of hydrogen-bond donors (Lipinski definition) is 3. The van der Waals surface area contributed by atoms with Gasteiger partial charge in [0.1, 0.15) is 23.7 Å². The van der Waals surface area contributed by atoms with E-state index in [1.807, 2.05) is 6.92 Å². The van der Waals surface area contributed by atoms with Crippen molar-refractivity contribution in [3.63, 3.8) is 0 Å². The summed E-state index contributed by atoms with van der Waals surface area (Å²) in [7, 11) is -2.36. The fourth-order valence-corrected chi connectivity index (χ4v) is 5.56. The second kappa shape index (κ2) is 10.2. The number of aliphatic hydroxyl groups is 1. The Morgan fingerprint density at radius 2 is 2.06 bits per heavy atom. The predicted octanol–water partition coefficient (Wildman–Crippen LogP) is 2.41. The highest BCUT2D eigenvalue weighted by atomic mass is 32.2. The largest absolute Gasteiger partial charge is 0.497 e. The number of aliphatic hydroxyl groups excluding tert-OH is 1. The topological polar surface area (TPSA) is 123 Å². The van der Waals surface area contributed by atoms with Gasteiger partial charge in [-0.1, -0.05) is 13.0 Å². The Bertz CT molecular complexity index is 1140. The number of carbonyl (C=O) groups excluding carboxylic acids is 1. The molecule has 1 saturated heterocycles. The minimum Gasteiger partial charge on any atom is -0.497 e. The summed E-state index contributed by atoms with van der Waals surface area (Å²) in [5.41, 5.74) is 1.23. The zero-order valence-electron chi connectivity index (χ0n) is 19.2. The third-order valence-corrected chi connectivity index (χ3v) is 7.47. The summed E-state index contributed by atoms with van der Waals surface area (Å²) in [4.78, 5) is 12.3. The van der Waals surface area contributed by atoms with Crippen molar-refractivity contribution in [3.8, 4) is 11.5 Å². The first kappa shape index (κ1) is 24.3. The van der Waals surface area contributed by atoms with E-state index in [-0.39, 0.29) is 35.9 Å². The molecular weight excluding hydrogens is 460 g/mol. The molecule has 2 aromatic carbocycles. The van der Waals surface area contributed by atoms with Crippen LogP contribution in [0.5, 0.6) is 11.5 Å². The summed E-state index contributed by atoms with van der Waals surface area (Å²) in [6, 6.07) is 11.3. The highest BCUT2D eigenvalue weighted by molar-refractivity contribution is 7.92. The Kier molecular flexibility index (Phi) is 7.30. The van der Waals surface area contributed by atoms with Crippen LogP contribution in [0.4, 0.5) is 5.69 Å². The number of amides is 1. The molecule has 1 amide bonds. The van der Waals surface area contributed by atoms with Crippen molar-refractivity contribution in [1.29, 1.82) is 0 Å². The highest BCUT2D eigenvalue weighted by Gasteiger charge is 2.46. The molecule has 3 N–H and O–H groups in total. The molecule has 0 aromatic heterocycles. The van der Waals surface area contributed by atoms with Gasteiger partial charge in [-0.05, 0) is 43.2 Å². The predicted molar refractivity (Wildman–Crippen MR) is 126 cm³/mol. The van der Waals surface area contributed by atoms with Crippen LogP contribution in [0, 0.1) is 0 Å². The molecule has 0 saturated carbocycles. The first-order valence-electron chi connectivity index (χ1n) is 11.3. The first-order valence-corrected chi connectivity index (χ1v) is 12.8. The normalized spacial score (nSPS) is 23.4. The molecule has 4 rings (SSSR count). The number of rotatable bonds is 9. The second-order valence-electron chi connectivity index (χ2n) is 8.49. The van der Waals surface area contributed by atoms with Crippen LogP contribution < -0.4 is 19.5 Å². The maximum atomic E-state index is 12.9. The average Bonchev–Trinajstić information content (AvgIpc) is 3.20. The third-order valence-electron chi connectivity index (χ3n) is 6.09. The standard InChI is InChI=1S/C24H30N2O7S/c1-3-9-25-23(28)13-17-12-20-19-10-15(7-8-21(19)33-24(20)22(14-27)32-17)26-34(29,30)18-6-4-5-16(11-18)31-2/h4-8,10-11,17,20,22,24,26-27H,3,9,12-14H2,1-2H3,(H,25,28)/t17-,20+,22-,24-/m1/s1. The third kappa shape index (κ3) is 5.13. The van der Waals surface area contributed by atoms with Crippen molar-refractivity contribution in [2.75, 3.05) is 25.0 Å². The van der Waals surface area contributed by atoms with Gasteiger partial charge in [0.05, 0.1) is 31.1 Å². The molecule has 34 heavy (non-hydrogen) atoms. The van der Waals surface area contributed by atoms with E-state index in [9.17, 15) is 18.3 Å². The molecule has 2 aromatic rings. The smallest absolute Gasteiger partial charge is 0.262 e. The van der Waals surface area contributed by atoms with E-state index in [4.69, 9.17) is 14.2 Å². The summed E-state index contributed by atoms with van der Waals surface area (Å²) < 4.78 is 45.6. The van der Waals surface area contributed by atoms with Crippen molar-refractivity contribution in [2.45, 2.75) is 55.3 Å². The molecule has 2 aliphatic heterocycles. The van der Waals surface area contributed by atoms with Gasteiger partial charge in [0.2, 0.25) is 5.91 Å². The molecule has 0 unspecified atom stereocenters. The van der Waals surface area contributed by atoms with Gasteiger partial charge in [0.15, 0.2) is 0 Å². The molecular formula is C24H30N2O7S. The van der Waals surface area contributed by atoms with E-state index in [1.165, 1.54) is 19.2 Å². The molecule has 9 nitrogen and oxygen atoms in total. The van der Waals surface area contributed by atoms with Crippen molar-refractivity contribution in [3.05, 3.63) is 48.0 Å². The maximum Gasteiger partial charge on any atom is 0.262 e. The fourth-order valence-electron chi connectivity index (χ4n) is 4.48. The molecule has 0 bridgehead atoms. The minimum absolute atomic E-state index is 0.0889. The molecule has 10 heteroatoms. The van der Waals surface area contributed by atoms with Crippen LogP contribution >= 0.6 is 0 Å². The number of sulfonamides is 1. The minimum atomic E-state index is -3.83. The summed E-state index contributed by atoms with van der Waals surface area (Å²) in [5.74, 6) is 0.837. The lowest BCUT2D eigenvalue weighted by Crippen LogP contribution is -2.47. The van der Waals surface area contributed by atoms with Crippen LogP contribution in [0.25, 0.3) is 0 Å². The van der Waals surface area contributed by atoms with Gasteiger partial charge in [-0.15, -0.1) is 0 Å². The van der Waals surface area contributed by atoms with Crippen molar-refractivity contribution >= 4 is 21.6 Å². The van der Waals surface area contributed by atoms with E-state index in [2.05, 4.69) is 10.0 Å². The Morgan fingerprint density at radius 1 is 1.24 bits per heavy atom. The summed E-state index contributed by atoms with van der Waals surface area (Å²) in [6.07, 6.45) is 0.211. The molecule has 0 aliphatic carbocycles. The number of anilines is 1. The lowest BCUT2D eigenvalue weighted by molar-refractivity contribution is -0.142. The van der Waals surface area contributed by atoms with Gasteiger partial charge in [0.25, 0.3) is 10.0 Å². The number of methoxy groups -OCH3 is 1. The number of carbonyl (C=O) groups is 1. The van der Waals surface area contributed by atoms with Crippen molar-refractivity contribution in [2.24, 2.45) is 0 Å². The number of benzene rings is 2. The van der Waals surface area contributed by atoms with Crippen LogP contribution in [0.15, 0.2) is 47.4 Å². The van der Waals surface area contributed by atoms with Crippen LogP contribution in [0.2, 0.25) is 0 Å². The summed E-state index contributed by atoms with van der Waals surface area (Å²) >= 11 is 0. The summed E-state index contributed by atoms with van der Waals surface area (Å²) in [6.45, 7) is 2.35. The van der Waals surface area contributed by atoms with Gasteiger partial charge in [-0.25, -0.2) is 8.42 Å². The Hall–Kier alpha value is -2.82. The van der Waals surface area contributed by atoms with E-state index in [1.54, 1.807) is 30.3 Å². The zero-order valence-corrected chi connectivity index (χ0v) is 20.0. The number of nitrogens with one attached hydrogen (secondary N) is 2. The van der Waals surface area contributed by atoms with Crippen molar-refractivity contribution in [1.82, 2.24) is 5.32 Å². The lowest BCUT2D eigenvalue weighted by Gasteiger charge is -2.37. The van der Waals surface area contributed by atoms with Gasteiger partial charge in [-0.2, -0.15) is 0 Å². The second-order valence-corrected chi connectivity index (χ2v) is 10.2. The zero-order chi connectivity index (χ0) is 24.3. The van der Waals surface area contributed by atoms with Crippen LogP contribution in [-0.4, -0.2) is 58.0 Å². The molecule has 4 atom stereocenters. The van der Waals surface area contributed by atoms with E-state index in [0.29, 0.717) is 30.2 Å². The quantitative estimate of drug-likeness (QED) is 0.493. The van der Waals surface area contributed by atoms with Gasteiger partial charge in [0, 0.05) is 29.8 Å². The first-order chi connectivity index (χ1) is 16.3. The highest BCUT2D eigenvalue weighted by Crippen LogP contribution is 2.47. The molecule has 1 fully saturated rings. The van der Waals surface area contributed by atoms with Crippen molar-refractivity contribution < 1.29 is 32.5 Å². The van der Waals surface area contributed by atoms with Crippen LogP contribution in [0.1, 0.15) is 37.7 Å². The molecule has 2 aliphatic rings. The summed E-state index contributed by atoms with van der Waals surface area (Å²) in [5, 5.41) is 12.7. The molecule has 0 spiro atoms. The van der Waals surface area contributed by atoms with Crippen LogP contribution in [-0.2, 0) is 19.6 Å². The van der Waals surface area contributed by atoms with Crippen LogP contribution in [0.3, 0.4) is 0 Å². The lowest BCUT2D eigenvalue weighted by atomic mass is 9.84.